The van der Waals surface area contributed by atoms with E-state index in [4.69, 9.17) is 10.5 Å². The summed E-state index contributed by atoms with van der Waals surface area (Å²) in [6.07, 6.45) is 4.16. The topological polar surface area (TPSA) is 82.2 Å². The van der Waals surface area contributed by atoms with Gasteiger partial charge < -0.3 is 15.8 Å². The van der Waals surface area contributed by atoms with Crippen molar-refractivity contribution >= 4 is 18.3 Å². The first-order valence-corrected chi connectivity index (χ1v) is 5.27. The second-order valence-corrected chi connectivity index (χ2v) is 4.02. The second kappa shape index (κ2) is 6.00. The molecule has 0 saturated carbocycles. The fourth-order valence-electron chi connectivity index (χ4n) is 1.99. The maximum Gasteiger partial charge on any atom is 0.251 e. The summed E-state index contributed by atoms with van der Waals surface area (Å²) in [4.78, 5) is 10.9. The SMILES string of the molecule is COC[C@H]1C[C@H](n2cc(C(N)=O)cn2)CN1.Cl. The van der Waals surface area contributed by atoms with E-state index < -0.39 is 5.91 Å². The van der Waals surface area contributed by atoms with Crippen molar-refractivity contribution in [3.8, 4) is 0 Å². The third-order valence-corrected chi connectivity index (χ3v) is 2.83. The zero-order valence-electron chi connectivity index (χ0n) is 9.63. The Kier molecular flexibility index (Phi) is 4.92. The Morgan fingerprint density at radius 1 is 1.76 bits per heavy atom. The van der Waals surface area contributed by atoms with Gasteiger partial charge in [-0.2, -0.15) is 5.10 Å². The molecule has 7 heteroatoms. The number of ether oxygens (including phenoxy) is 1. The number of carbonyl (C=O) groups excluding carboxylic acids is 1. The van der Waals surface area contributed by atoms with E-state index in [2.05, 4.69) is 10.4 Å². The quantitative estimate of drug-likeness (QED) is 0.796. The molecule has 1 saturated heterocycles. The van der Waals surface area contributed by atoms with Crippen LogP contribution in [-0.2, 0) is 4.74 Å². The lowest BCUT2D eigenvalue weighted by atomic mass is 10.2. The van der Waals surface area contributed by atoms with Gasteiger partial charge in [-0.05, 0) is 6.42 Å². The lowest BCUT2D eigenvalue weighted by Crippen LogP contribution is -2.25. The molecule has 0 spiro atoms. The van der Waals surface area contributed by atoms with Crippen molar-refractivity contribution in [1.82, 2.24) is 15.1 Å². The Morgan fingerprint density at radius 2 is 2.53 bits per heavy atom. The van der Waals surface area contributed by atoms with Crippen LogP contribution in [0.2, 0.25) is 0 Å². The number of methoxy groups -OCH3 is 1. The number of hydrogen-bond acceptors (Lipinski definition) is 4. The molecule has 1 aliphatic heterocycles. The molecule has 96 valence electrons. The molecule has 1 fully saturated rings. The second-order valence-electron chi connectivity index (χ2n) is 4.02. The number of hydrogen-bond donors (Lipinski definition) is 2. The Balaban J connectivity index is 0.00000144. The van der Waals surface area contributed by atoms with E-state index >= 15 is 0 Å². The Labute approximate surface area is 106 Å². The van der Waals surface area contributed by atoms with Gasteiger partial charge in [0.05, 0.1) is 24.4 Å². The van der Waals surface area contributed by atoms with Gasteiger partial charge in [0, 0.05) is 25.9 Å². The van der Waals surface area contributed by atoms with E-state index in [-0.39, 0.29) is 18.4 Å². The van der Waals surface area contributed by atoms with Crippen LogP contribution in [0.1, 0.15) is 22.8 Å². The minimum atomic E-state index is -0.439. The van der Waals surface area contributed by atoms with Gasteiger partial charge in [0.25, 0.3) is 5.91 Å². The predicted octanol–water partition coefficient (Wildman–Crippen LogP) is -0.0468. The van der Waals surface area contributed by atoms with Crippen molar-refractivity contribution in [2.24, 2.45) is 5.73 Å². The molecule has 1 amide bonds. The summed E-state index contributed by atoms with van der Waals surface area (Å²) in [7, 11) is 1.69. The molecule has 0 bridgehead atoms. The summed E-state index contributed by atoms with van der Waals surface area (Å²) in [5, 5.41) is 7.49. The van der Waals surface area contributed by atoms with Gasteiger partial charge in [-0.25, -0.2) is 0 Å². The number of halogens is 1. The van der Waals surface area contributed by atoms with Crippen LogP contribution < -0.4 is 11.1 Å². The van der Waals surface area contributed by atoms with Gasteiger partial charge in [0.2, 0.25) is 0 Å². The number of aromatic nitrogens is 2. The third kappa shape index (κ3) is 3.18. The van der Waals surface area contributed by atoms with E-state index in [1.54, 1.807) is 18.0 Å². The summed E-state index contributed by atoms with van der Waals surface area (Å²) in [6, 6.07) is 0.629. The van der Waals surface area contributed by atoms with Gasteiger partial charge in [0.15, 0.2) is 0 Å². The van der Waals surface area contributed by atoms with E-state index in [0.29, 0.717) is 18.2 Å². The van der Waals surface area contributed by atoms with E-state index in [9.17, 15) is 4.79 Å². The normalized spacial score (nSPS) is 23.4. The summed E-state index contributed by atoms with van der Waals surface area (Å²) >= 11 is 0. The molecular weight excluding hydrogens is 244 g/mol. The van der Waals surface area contributed by atoms with Crippen LogP contribution in [0.25, 0.3) is 0 Å². The minimum Gasteiger partial charge on any atom is -0.383 e. The van der Waals surface area contributed by atoms with Gasteiger partial charge in [0.1, 0.15) is 0 Å². The first-order chi connectivity index (χ1) is 7.70. The highest BCUT2D eigenvalue weighted by atomic mass is 35.5. The summed E-state index contributed by atoms with van der Waals surface area (Å²) < 4.78 is 6.88. The maximum atomic E-state index is 10.9. The molecule has 0 aliphatic carbocycles. The molecule has 1 aromatic heterocycles. The summed E-state index contributed by atoms with van der Waals surface area (Å²) in [5.74, 6) is -0.439. The number of amides is 1. The number of nitrogens with one attached hydrogen (secondary N) is 1. The summed E-state index contributed by atoms with van der Waals surface area (Å²) in [6.45, 7) is 1.54. The molecule has 2 heterocycles. The first-order valence-electron chi connectivity index (χ1n) is 5.27. The zero-order chi connectivity index (χ0) is 11.5. The van der Waals surface area contributed by atoms with Crippen molar-refractivity contribution in [3.63, 3.8) is 0 Å². The fraction of sp³-hybridized carbons (Fsp3) is 0.600. The highest BCUT2D eigenvalue weighted by Crippen LogP contribution is 2.19. The highest BCUT2D eigenvalue weighted by Gasteiger charge is 2.25. The van der Waals surface area contributed by atoms with Crippen LogP contribution >= 0.6 is 12.4 Å². The molecule has 0 radical (unpaired) electrons. The van der Waals surface area contributed by atoms with E-state index in [0.717, 1.165) is 13.0 Å². The van der Waals surface area contributed by atoms with Crippen molar-refractivity contribution < 1.29 is 9.53 Å². The lowest BCUT2D eigenvalue weighted by molar-refractivity contribution is 0.1000. The monoisotopic (exact) mass is 260 g/mol. The number of primary amides is 1. The highest BCUT2D eigenvalue weighted by molar-refractivity contribution is 5.92. The zero-order valence-corrected chi connectivity index (χ0v) is 10.4. The van der Waals surface area contributed by atoms with Gasteiger partial charge in [-0.3, -0.25) is 9.48 Å². The van der Waals surface area contributed by atoms with Gasteiger partial charge in [-0.15, -0.1) is 12.4 Å². The van der Waals surface area contributed by atoms with Crippen LogP contribution in [-0.4, -0.2) is 42.0 Å². The molecule has 0 unspecified atom stereocenters. The smallest absolute Gasteiger partial charge is 0.251 e. The van der Waals surface area contributed by atoms with Crippen LogP contribution in [0.4, 0.5) is 0 Å². The molecule has 2 rings (SSSR count). The molecular formula is C10H17ClN4O2. The van der Waals surface area contributed by atoms with E-state index in [1.165, 1.54) is 6.20 Å². The molecule has 2 atom stereocenters. The molecule has 1 aliphatic rings. The van der Waals surface area contributed by atoms with Crippen LogP contribution in [0.5, 0.6) is 0 Å². The number of nitrogens with zero attached hydrogens (tertiary/aromatic N) is 2. The number of rotatable bonds is 4. The number of carbonyl (C=O) groups is 1. The summed E-state index contributed by atoms with van der Waals surface area (Å²) in [5.41, 5.74) is 5.63. The molecule has 3 N–H and O–H groups in total. The Hall–Kier alpha value is -1.11. The maximum absolute atomic E-state index is 10.9. The van der Waals surface area contributed by atoms with Crippen molar-refractivity contribution in [1.29, 1.82) is 0 Å². The first kappa shape index (κ1) is 14.0. The average molecular weight is 261 g/mol. The van der Waals surface area contributed by atoms with Crippen LogP contribution in [0.15, 0.2) is 12.4 Å². The van der Waals surface area contributed by atoms with Crippen LogP contribution in [0, 0.1) is 0 Å². The third-order valence-electron chi connectivity index (χ3n) is 2.83. The minimum absolute atomic E-state index is 0. The largest absolute Gasteiger partial charge is 0.383 e. The fourth-order valence-corrected chi connectivity index (χ4v) is 1.99. The van der Waals surface area contributed by atoms with Crippen molar-refractivity contribution in [2.75, 3.05) is 20.3 Å². The average Bonchev–Trinajstić information content (AvgIpc) is 2.84. The van der Waals surface area contributed by atoms with E-state index in [1.807, 2.05) is 0 Å². The Bertz CT molecular complexity index is 382. The van der Waals surface area contributed by atoms with Crippen molar-refractivity contribution in [3.05, 3.63) is 18.0 Å². The lowest BCUT2D eigenvalue weighted by Gasteiger charge is -2.09. The number of nitrogens with two attached hydrogens (primary N) is 1. The molecule has 0 aromatic carbocycles. The van der Waals surface area contributed by atoms with Crippen molar-refractivity contribution in [2.45, 2.75) is 18.5 Å². The molecule has 1 aromatic rings. The van der Waals surface area contributed by atoms with Gasteiger partial charge >= 0.3 is 0 Å². The van der Waals surface area contributed by atoms with Crippen LogP contribution in [0.3, 0.4) is 0 Å². The van der Waals surface area contributed by atoms with Gasteiger partial charge in [-0.1, -0.05) is 0 Å². The Morgan fingerprint density at radius 3 is 3.12 bits per heavy atom. The molecule has 6 nitrogen and oxygen atoms in total. The molecule has 17 heavy (non-hydrogen) atoms. The standard InChI is InChI=1S/C10H16N4O2.ClH/c1-16-6-8-2-9(4-12-8)14-5-7(3-13-14)10(11)15;/h3,5,8-9,12H,2,4,6H2,1H3,(H2,11,15);1H/t8-,9+;/m1./s1. The predicted molar refractivity (Wildman–Crippen MR) is 65.3 cm³/mol.